The highest BCUT2D eigenvalue weighted by molar-refractivity contribution is 8.03. The molecule has 2 aliphatic carbocycles. The summed E-state index contributed by atoms with van der Waals surface area (Å²) in [5, 5.41) is 8.41. The van der Waals surface area contributed by atoms with Crippen molar-refractivity contribution in [1.29, 1.82) is 0 Å². The number of ether oxygens (including phenoxy) is 1. The molecule has 4 rings (SSSR count). The molecule has 2 fully saturated rings. The summed E-state index contributed by atoms with van der Waals surface area (Å²) < 4.78 is 6.41. The number of aromatic amines is 1. The van der Waals surface area contributed by atoms with Crippen LogP contribution in [0.2, 0.25) is 0 Å². The Labute approximate surface area is 154 Å². The molecule has 2 heterocycles. The lowest BCUT2D eigenvalue weighted by molar-refractivity contribution is -0.120. The predicted molar refractivity (Wildman–Crippen MR) is 100 cm³/mol. The summed E-state index contributed by atoms with van der Waals surface area (Å²) >= 11 is 1.75. The Morgan fingerprint density at radius 3 is 2.84 bits per heavy atom. The number of thioether (sulfide) groups is 1. The molecule has 2 saturated carbocycles. The van der Waals surface area contributed by atoms with Crippen LogP contribution in [-0.4, -0.2) is 22.1 Å². The SMILES string of the molecule is CCC1(C)CC(=O)C2=C(OC3CCCCC3)SC(c3ccn[nH]3)C2C1. The monoisotopic (exact) mass is 360 g/mol. The zero-order valence-corrected chi connectivity index (χ0v) is 16.0. The van der Waals surface area contributed by atoms with Gasteiger partial charge in [0.15, 0.2) is 10.9 Å². The smallest absolute Gasteiger partial charge is 0.164 e. The van der Waals surface area contributed by atoms with Gasteiger partial charge in [-0.2, -0.15) is 5.10 Å². The fourth-order valence-corrected chi connectivity index (χ4v) is 6.05. The maximum absolute atomic E-state index is 13.0. The van der Waals surface area contributed by atoms with Gasteiger partial charge in [-0.15, -0.1) is 0 Å². The van der Waals surface area contributed by atoms with Gasteiger partial charge < -0.3 is 4.74 Å². The minimum Gasteiger partial charge on any atom is -0.484 e. The number of carbonyl (C=O) groups excluding carboxylic acids is 1. The predicted octanol–water partition coefficient (Wildman–Crippen LogP) is 5.15. The summed E-state index contributed by atoms with van der Waals surface area (Å²) in [5.41, 5.74) is 2.19. The van der Waals surface area contributed by atoms with Crippen molar-refractivity contribution in [2.24, 2.45) is 11.3 Å². The standard InChI is InChI=1S/C20H28N2O2S/c1-3-20(2)11-14-17(16(23)12-20)19(24-13-7-5-4-6-8-13)25-18(14)15-9-10-21-22-15/h9-10,13-14,18H,3-8,11-12H2,1-2H3,(H,21,22). The number of hydrogen-bond donors (Lipinski definition) is 1. The van der Waals surface area contributed by atoms with E-state index in [1.54, 1.807) is 18.0 Å². The summed E-state index contributed by atoms with van der Waals surface area (Å²) in [4.78, 5) is 13.0. The van der Waals surface area contributed by atoms with Crippen LogP contribution in [0.15, 0.2) is 22.9 Å². The van der Waals surface area contributed by atoms with Gasteiger partial charge in [-0.1, -0.05) is 38.5 Å². The van der Waals surface area contributed by atoms with Gasteiger partial charge in [0.2, 0.25) is 0 Å². The summed E-state index contributed by atoms with van der Waals surface area (Å²) in [6.07, 6.45) is 10.9. The summed E-state index contributed by atoms with van der Waals surface area (Å²) in [5.74, 6) is 0.552. The molecule has 1 aromatic heterocycles. The lowest BCUT2D eigenvalue weighted by Gasteiger charge is -2.38. The van der Waals surface area contributed by atoms with E-state index in [1.165, 1.54) is 19.3 Å². The number of allylic oxidation sites excluding steroid dienone is 1. The largest absolute Gasteiger partial charge is 0.484 e. The molecule has 3 unspecified atom stereocenters. The Bertz CT molecular complexity index is 663. The number of fused-ring (bicyclic) bond motifs is 1. The van der Waals surface area contributed by atoms with Crippen molar-refractivity contribution in [3.8, 4) is 0 Å². The van der Waals surface area contributed by atoms with Crippen LogP contribution in [0.25, 0.3) is 0 Å². The van der Waals surface area contributed by atoms with E-state index in [2.05, 4.69) is 24.0 Å². The second-order valence-electron chi connectivity index (χ2n) is 8.20. The number of hydrogen-bond acceptors (Lipinski definition) is 4. The van der Waals surface area contributed by atoms with E-state index in [-0.39, 0.29) is 22.7 Å². The normalized spacial score (nSPS) is 33.6. The van der Waals surface area contributed by atoms with Crippen molar-refractivity contribution in [2.75, 3.05) is 0 Å². The maximum Gasteiger partial charge on any atom is 0.164 e. The van der Waals surface area contributed by atoms with E-state index >= 15 is 0 Å². The molecule has 3 aliphatic rings. The van der Waals surface area contributed by atoms with E-state index in [4.69, 9.17) is 4.74 Å². The highest BCUT2D eigenvalue weighted by Gasteiger charge is 2.49. The first kappa shape index (κ1) is 17.2. The van der Waals surface area contributed by atoms with Gasteiger partial charge in [-0.25, -0.2) is 0 Å². The van der Waals surface area contributed by atoms with Gasteiger partial charge >= 0.3 is 0 Å². The molecule has 4 nitrogen and oxygen atoms in total. The Hall–Kier alpha value is -1.23. The van der Waals surface area contributed by atoms with Gasteiger partial charge in [0.05, 0.1) is 11.4 Å². The number of nitrogens with one attached hydrogen (secondary N) is 1. The van der Waals surface area contributed by atoms with Crippen molar-refractivity contribution in [1.82, 2.24) is 10.2 Å². The molecule has 5 heteroatoms. The molecule has 1 aliphatic heterocycles. The third-order valence-corrected chi connectivity index (χ3v) is 7.67. The second-order valence-corrected chi connectivity index (χ2v) is 9.32. The van der Waals surface area contributed by atoms with Gasteiger partial charge in [0.25, 0.3) is 0 Å². The molecule has 25 heavy (non-hydrogen) atoms. The van der Waals surface area contributed by atoms with E-state index < -0.39 is 0 Å². The number of rotatable bonds is 4. The van der Waals surface area contributed by atoms with Crippen LogP contribution in [0.3, 0.4) is 0 Å². The maximum atomic E-state index is 13.0. The number of Topliss-reactive ketones (excluding diaryl/α,β-unsaturated/α-hetero) is 1. The quantitative estimate of drug-likeness (QED) is 0.806. The Morgan fingerprint density at radius 2 is 2.16 bits per heavy atom. The number of carbonyl (C=O) groups is 1. The Morgan fingerprint density at radius 1 is 1.36 bits per heavy atom. The van der Waals surface area contributed by atoms with E-state index in [9.17, 15) is 4.79 Å². The van der Waals surface area contributed by atoms with E-state index in [0.29, 0.717) is 12.2 Å². The van der Waals surface area contributed by atoms with Crippen molar-refractivity contribution < 1.29 is 9.53 Å². The molecule has 0 amide bonds. The number of H-pyrrole nitrogens is 1. The second kappa shape index (κ2) is 6.82. The van der Waals surface area contributed by atoms with Crippen molar-refractivity contribution in [2.45, 2.75) is 76.6 Å². The molecule has 0 radical (unpaired) electrons. The molecular weight excluding hydrogens is 332 g/mol. The molecule has 1 N–H and O–H groups in total. The number of ketones is 1. The van der Waals surface area contributed by atoms with Gasteiger partial charge in [0, 0.05) is 29.8 Å². The summed E-state index contributed by atoms with van der Waals surface area (Å²) in [7, 11) is 0. The molecule has 0 bridgehead atoms. The van der Waals surface area contributed by atoms with Crippen LogP contribution in [0.4, 0.5) is 0 Å². The van der Waals surface area contributed by atoms with Crippen LogP contribution < -0.4 is 0 Å². The van der Waals surface area contributed by atoms with Crippen molar-refractivity contribution in [3.63, 3.8) is 0 Å². The van der Waals surface area contributed by atoms with Gasteiger partial charge in [-0.3, -0.25) is 9.89 Å². The number of aromatic nitrogens is 2. The minimum absolute atomic E-state index is 0.102. The zero-order valence-electron chi connectivity index (χ0n) is 15.2. The average molecular weight is 361 g/mol. The first-order valence-electron chi connectivity index (χ1n) is 9.69. The molecule has 0 aromatic carbocycles. The van der Waals surface area contributed by atoms with Gasteiger partial charge in [-0.05, 0) is 43.6 Å². The van der Waals surface area contributed by atoms with Crippen LogP contribution in [-0.2, 0) is 9.53 Å². The summed E-state index contributed by atoms with van der Waals surface area (Å²) in [6.45, 7) is 4.46. The van der Waals surface area contributed by atoms with E-state index in [1.807, 2.05) is 6.07 Å². The fraction of sp³-hybridized carbons (Fsp3) is 0.700. The fourth-order valence-electron chi connectivity index (χ4n) is 4.58. The molecule has 136 valence electrons. The molecule has 0 spiro atoms. The van der Waals surface area contributed by atoms with Crippen molar-refractivity contribution >= 4 is 17.5 Å². The minimum atomic E-state index is 0.102. The van der Waals surface area contributed by atoms with Crippen molar-refractivity contribution in [3.05, 3.63) is 28.6 Å². The highest BCUT2D eigenvalue weighted by Crippen LogP contribution is 2.59. The molecule has 0 saturated heterocycles. The summed E-state index contributed by atoms with van der Waals surface area (Å²) in [6, 6.07) is 2.04. The molecule has 1 aromatic rings. The lowest BCUT2D eigenvalue weighted by Crippen LogP contribution is -2.34. The van der Waals surface area contributed by atoms with Crippen LogP contribution in [0.1, 0.15) is 76.2 Å². The highest BCUT2D eigenvalue weighted by atomic mass is 32.2. The third-order valence-electron chi connectivity index (χ3n) is 6.30. The zero-order chi connectivity index (χ0) is 17.4. The average Bonchev–Trinajstić information content (AvgIpc) is 3.24. The number of nitrogens with zero attached hydrogens (tertiary/aromatic N) is 1. The topological polar surface area (TPSA) is 55.0 Å². The van der Waals surface area contributed by atoms with Crippen LogP contribution in [0, 0.1) is 11.3 Å². The van der Waals surface area contributed by atoms with E-state index in [0.717, 1.165) is 42.0 Å². The third kappa shape index (κ3) is 3.27. The van der Waals surface area contributed by atoms with Crippen LogP contribution in [0.5, 0.6) is 0 Å². The first-order valence-corrected chi connectivity index (χ1v) is 10.6. The lowest BCUT2D eigenvalue weighted by atomic mass is 9.66. The Kier molecular flexibility index (Phi) is 4.69. The van der Waals surface area contributed by atoms with Crippen LogP contribution >= 0.6 is 11.8 Å². The first-order chi connectivity index (χ1) is 12.1. The molecular formula is C20H28N2O2S. The Balaban J connectivity index is 1.64. The molecule has 3 atom stereocenters. The van der Waals surface area contributed by atoms with Gasteiger partial charge in [0.1, 0.15) is 0 Å².